The molecule has 0 unspecified atom stereocenters. The fourth-order valence-corrected chi connectivity index (χ4v) is 3.06. The summed E-state index contributed by atoms with van der Waals surface area (Å²) >= 11 is 3.47. The van der Waals surface area contributed by atoms with Gasteiger partial charge in [0.1, 0.15) is 5.69 Å². The number of carbonyl (C=O) groups is 1. The summed E-state index contributed by atoms with van der Waals surface area (Å²) < 4.78 is 6.22. The molecule has 1 aliphatic heterocycles. The molecule has 1 amide bonds. The molecule has 120 valence electrons. The molecule has 0 radical (unpaired) electrons. The molecular weight excluding hydrogens is 358 g/mol. The lowest BCUT2D eigenvalue weighted by molar-refractivity contribution is 0.102. The molecule has 0 atom stereocenters. The molecule has 1 saturated heterocycles. The van der Waals surface area contributed by atoms with E-state index in [0.29, 0.717) is 18.9 Å². The SMILES string of the molecule is Cc1ccc(NC(=O)c2cc(N3CCOCC3)ccn2)c(Br)c1. The minimum Gasteiger partial charge on any atom is -0.378 e. The van der Waals surface area contributed by atoms with Gasteiger partial charge in [0.15, 0.2) is 0 Å². The van der Waals surface area contributed by atoms with Crippen LogP contribution in [-0.4, -0.2) is 37.2 Å². The number of ether oxygens (including phenoxy) is 1. The van der Waals surface area contributed by atoms with Crippen molar-refractivity contribution in [2.75, 3.05) is 36.5 Å². The number of aromatic nitrogens is 1. The van der Waals surface area contributed by atoms with Crippen molar-refractivity contribution in [1.29, 1.82) is 0 Å². The smallest absolute Gasteiger partial charge is 0.274 e. The van der Waals surface area contributed by atoms with Crippen LogP contribution in [-0.2, 0) is 4.74 Å². The third-order valence-corrected chi connectivity index (χ3v) is 4.38. The lowest BCUT2D eigenvalue weighted by atomic mass is 10.2. The average Bonchev–Trinajstić information content (AvgIpc) is 2.58. The van der Waals surface area contributed by atoms with Crippen LogP contribution in [0.2, 0.25) is 0 Å². The monoisotopic (exact) mass is 375 g/mol. The summed E-state index contributed by atoms with van der Waals surface area (Å²) in [6.07, 6.45) is 1.67. The molecule has 0 aliphatic carbocycles. The van der Waals surface area contributed by atoms with Gasteiger partial charge in [-0.05, 0) is 52.7 Å². The van der Waals surface area contributed by atoms with Gasteiger partial charge in [0.05, 0.1) is 18.9 Å². The first-order valence-corrected chi connectivity index (χ1v) is 8.29. The fraction of sp³-hybridized carbons (Fsp3) is 0.294. The summed E-state index contributed by atoms with van der Waals surface area (Å²) in [5.74, 6) is -0.218. The van der Waals surface area contributed by atoms with Crippen LogP contribution in [0.25, 0.3) is 0 Å². The van der Waals surface area contributed by atoms with Crippen LogP contribution >= 0.6 is 15.9 Å². The minimum atomic E-state index is -0.218. The van der Waals surface area contributed by atoms with Gasteiger partial charge in [0.25, 0.3) is 5.91 Å². The van der Waals surface area contributed by atoms with E-state index in [1.807, 2.05) is 37.3 Å². The highest BCUT2D eigenvalue weighted by atomic mass is 79.9. The van der Waals surface area contributed by atoms with E-state index in [0.717, 1.165) is 34.5 Å². The molecule has 1 aliphatic rings. The van der Waals surface area contributed by atoms with Crippen LogP contribution < -0.4 is 10.2 Å². The summed E-state index contributed by atoms with van der Waals surface area (Å²) in [4.78, 5) is 18.8. The highest BCUT2D eigenvalue weighted by molar-refractivity contribution is 9.10. The third kappa shape index (κ3) is 3.89. The number of pyridine rings is 1. The Labute approximate surface area is 143 Å². The van der Waals surface area contributed by atoms with Gasteiger partial charge in [-0.3, -0.25) is 9.78 Å². The van der Waals surface area contributed by atoms with Crippen LogP contribution in [0.3, 0.4) is 0 Å². The largest absolute Gasteiger partial charge is 0.378 e. The zero-order valence-electron chi connectivity index (χ0n) is 12.9. The molecule has 6 heteroatoms. The molecule has 0 bridgehead atoms. The van der Waals surface area contributed by atoms with Gasteiger partial charge in [0, 0.05) is 29.4 Å². The molecule has 23 heavy (non-hydrogen) atoms. The number of amides is 1. The van der Waals surface area contributed by atoms with Crippen LogP contribution in [0.5, 0.6) is 0 Å². The number of nitrogens with zero attached hydrogens (tertiary/aromatic N) is 2. The van der Waals surface area contributed by atoms with E-state index in [4.69, 9.17) is 4.74 Å². The molecule has 1 aromatic heterocycles. The van der Waals surface area contributed by atoms with Gasteiger partial charge in [-0.2, -0.15) is 0 Å². The van der Waals surface area contributed by atoms with E-state index >= 15 is 0 Å². The molecule has 0 saturated carbocycles. The van der Waals surface area contributed by atoms with Crippen LogP contribution in [0, 0.1) is 6.92 Å². The number of hydrogen-bond donors (Lipinski definition) is 1. The number of halogens is 1. The Morgan fingerprint density at radius 1 is 1.26 bits per heavy atom. The molecule has 2 heterocycles. The maximum Gasteiger partial charge on any atom is 0.274 e. The van der Waals surface area contributed by atoms with Gasteiger partial charge >= 0.3 is 0 Å². The fourth-order valence-electron chi connectivity index (χ4n) is 2.47. The molecular formula is C17H18BrN3O2. The second-order valence-corrected chi connectivity index (χ2v) is 6.29. The third-order valence-electron chi connectivity index (χ3n) is 3.73. The Bertz CT molecular complexity index is 715. The normalized spacial score (nSPS) is 14.6. The Balaban J connectivity index is 1.76. The summed E-state index contributed by atoms with van der Waals surface area (Å²) in [5, 5.41) is 2.89. The standard InChI is InChI=1S/C17H18BrN3O2/c1-12-2-3-15(14(18)10-12)20-17(22)16-11-13(4-5-19-16)21-6-8-23-9-7-21/h2-5,10-11H,6-9H2,1H3,(H,20,22). The van der Waals surface area contributed by atoms with Gasteiger partial charge in [-0.25, -0.2) is 0 Å². The minimum absolute atomic E-state index is 0.218. The Morgan fingerprint density at radius 3 is 2.78 bits per heavy atom. The van der Waals surface area contributed by atoms with Gasteiger partial charge in [-0.15, -0.1) is 0 Å². The average molecular weight is 376 g/mol. The molecule has 5 nitrogen and oxygen atoms in total. The quantitative estimate of drug-likeness (QED) is 0.894. The summed E-state index contributed by atoms with van der Waals surface area (Å²) in [6, 6.07) is 9.54. The summed E-state index contributed by atoms with van der Waals surface area (Å²) in [6.45, 7) is 5.08. The first-order valence-electron chi connectivity index (χ1n) is 7.50. The first kappa shape index (κ1) is 16.0. The van der Waals surface area contributed by atoms with Crippen LogP contribution in [0.4, 0.5) is 11.4 Å². The van der Waals surface area contributed by atoms with Crippen molar-refractivity contribution in [2.24, 2.45) is 0 Å². The topological polar surface area (TPSA) is 54.5 Å². The first-order chi connectivity index (χ1) is 11.1. The van der Waals surface area contributed by atoms with Crippen molar-refractivity contribution < 1.29 is 9.53 Å². The van der Waals surface area contributed by atoms with Crippen LogP contribution in [0.1, 0.15) is 16.1 Å². The van der Waals surface area contributed by atoms with E-state index in [2.05, 4.69) is 31.1 Å². The van der Waals surface area contributed by atoms with E-state index in [9.17, 15) is 4.79 Å². The number of hydrogen-bond acceptors (Lipinski definition) is 4. The second-order valence-electron chi connectivity index (χ2n) is 5.44. The molecule has 1 fully saturated rings. The number of rotatable bonds is 3. The maximum atomic E-state index is 12.4. The molecule has 1 aromatic carbocycles. The maximum absolute atomic E-state index is 12.4. The molecule has 1 N–H and O–H groups in total. The van der Waals surface area contributed by atoms with Crippen molar-refractivity contribution in [3.8, 4) is 0 Å². The second kappa shape index (κ2) is 7.10. The summed E-state index contributed by atoms with van der Waals surface area (Å²) in [7, 11) is 0. The predicted molar refractivity (Wildman–Crippen MR) is 94.1 cm³/mol. The predicted octanol–water partition coefficient (Wildman–Crippen LogP) is 3.24. The zero-order chi connectivity index (χ0) is 16.2. The van der Waals surface area contributed by atoms with Gasteiger partial charge in [0.2, 0.25) is 0 Å². The van der Waals surface area contributed by atoms with Crippen molar-refractivity contribution in [2.45, 2.75) is 6.92 Å². The zero-order valence-corrected chi connectivity index (χ0v) is 14.5. The number of anilines is 2. The van der Waals surface area contributed by atoms with E-state index < -0.39 is 0 Å². The van der Waals surface area contributed by atoms with E-state index in [-0.39, 0.29) is 5.91 Å². The van der Waals surface area contributed by atoms with Crippen molar-refractivity contribution in [1.82, 2.24) is 4.98 Å². The van der Waals surface area contributed by atoms with Crippen molar-refractivity contribution >= 4 is 33.2 Å². The van der Waals surface area contributed by atoms with E-state index in [1.54, 1.807) is 6.20 Å². The lowest BCUT2D eigenvalue weighted by Crippen LogP contribution is -2.36. The van der Waals surface area contributed by atoms with Crippen molar-refractivity contribution in [3.63, 3.8) is 0 Å². The Morgan fingerprint density at radius 2 is 2.04 bits per heavy atom. The number of morpholine rings is 1. The highest BCUT2D eigenvalue weighted by Gasteiger charge is 2.15. The lowest BCUT2D eigenvalue weighted by Gasteiger charge is -2.28. The van der Waals surface area contributed by atoms with Gasteiger partial charge in [-0.1, -0.05) is 6.07 Å². The number of benzene rings is 1. The van der Waals surface area contributed by atoms with Crippen LogP contribution in [0.15, 0.2) is 41.0 Å². The Hall–Kier alpha value is -1.92. The number of carbonyl (C=O) groups excluding carboxylic acids is 1. The number of nitrogens with one attached hydrogen (secondary N) is 1. The summed E-state index contributed by atoms with van der Waals surface area (Å²) in [5.41, 5.74) is 3.26. The highest BCUT2D eigenvalue weighted by Crippen LogP contribution is 2.24. The number of aryl methyl sites for hydroxylation is 1. The van der Waals surface area contributed by atoms with Gasteiger partial charge < -0.3 is 15.0 Å². The molecule has 0 spiro atoms. The van der Waals surface area contributed by atoms with Crippen molar-refractivity contribution in [3.05, 3.63) is 52.3 Å². The molecule has 3 rings (SSSR count). The Kier molecular flexibility index (Phi) is 4.93. The molecule has 2 aromatic rings. The van der Waals surface area contributed by atoms with E-state index in [1.165, 1.54) is 0 Å².